The molecule has 1 amide bonds. The van der Waals surface area contributed by atoms with Crippen LogP contribution in [0.2, 0.25) is 0 Å². The average molecular weight is 506 g/mol. The Hall–Kier alpha value is -4.13. The van der Waals surface area contributed by atoms with Crippen molar-refractivity contribution in [2.24, 2.45) is 0 Å². The fourth-order valence-corrected chi connectivity index (χ4v) is 4.17. The molecular weight excluding hydrogens is 478 g/mol. The summed E-state index contributed by atoms with van der Waals surface area (Å²) in [5.41, 5.74) is 2.43. The van der Waals surface area contributed by atoms with E-state index in [1.54, 1.807) is 18.5 Å². The third-order valence-corrected chi connectivity index (χ3v) is 6.02. The molecule has 1 aliphatic heterocycles. The van der Waals surface area contributed by atoms with Crippen molar-refractivity contribution >= 4 is 22.9 Å². The molecule has 12 nitrogen and oxygen atoms in total. The number of nitrogens with zero attached hydrogens (tertiary/aromatic N) is 5. The van der Waals surface area contributed by atoms with Crippen molar-refractivity contribution in [3.8, 4) is 17.1 Å². The number of amides is 1. The molecular formula is C25H27N7O5. The Bertz CT molecular complexity index is 1400. The van der Waals surface area contributed by atoms with E-state index in [1.807, 2.05) is 37.3 Å². The molecule has 1 fully saturated rings. The van der Waals surface area contributed by atoms with Crippen LogP contribution in [0.3, 0.4) is 0 Å². The van der Waals surface area contributed by atoms with Crippen LogP contribution in [0.1, 0.15) is 18.7 Å². The maximum absolute atomic E-state index is 12.2. The van der Waals surface area contributed by atoms with Gasteiger partial charge >= 0.3 is 0 Å². The Morgan fingerprint density at radius 2 is 1.97 bits per heavy atom. The summed E-state index contributed by atoms with van der Waals surface area (Å²) in [6.07, 6.45) is -0.483. The normalized spacial score (nSPS) is 21.2. The van der Waals surface area contributed by atoms with E-state index < -0.39 is 30.4 Å². The molecule has 4 atom stereocenters. The van der Waals surface area contributed by atoms with Crippen LogP contribution in [0, 0.1) is 0 Å². The van der Waals surface area contributed by atoms with Crippen molar-refractivity contribution in [2.75, 3.05) is 19.0 Å². The molecule has 0 aliphatic carbocycles. The predicted octanol–water partition coefficient (Wildman–Crippen LogP) is 1.26. The number of aliphatic hydroxyl groups is 2. The van der Waals surface area contributed by atoms with Gasteiger partial charge in [0.05, 0.1) is 19.1 Å². The molecule has 0 spiro atoms. The lowest BCUT2D eigenvalue weighted by molar-refractivity contribution is -0.137. The summed E-state index contributed by atoms with van der Waals surface area (Å²) in [6.45, 7) is 2.84. The monoisotopic (exact) mass is 505 g/mol. The van der Waals surface area contributed by atoms with Gasteiger partial charge < -0.3 is 30.3 Å². The highest BCUT2D eigenvalue weighted by Gasteiger charge is 2.47. The third-order valence-electron chi connectivity index (χ3n) is 6.02. The van der Waals surface area contributed by atoms with E-state index in [-0.39, 0.29) is 0 Å². The zero-order valence-electron chi connectivity index (χ0n) is 20.3. The first-order chi connectivity index (χ1) is 18.0. The molecule has 3 unspecified atom stereocenters. The zero-order chi connectivity index (χ0) is 25.9. The number of carbonyl (C=O) groups excluding carboxylic acids is 1. The van der Waals surface area contributed by atoms with Crippen molar-refractivity contribution < 1.29 is 24.5 Å². The summed E-state index contributed by atoms with van der Waals surface area (Å²) in [7, 11) is 1.43. The maximum atomic E-state index is 12.2. The van der Waals surface area contributed by atoms with Gasteiger partial charge in [0.1, 0.15) is 18.0 Å². The summed E-state index contributed by atoms with van der Waals surface area (Å²) in [5.74, 6) is 0.829. The number of aromatic nitrogens is 5. The van der Waals surface area contributed by atoms with Gasteiger partial charge in [-0.25, -0.2) is 15.0 Å². The summed E-state index contributed by atoms with van der Waals surface area (Å²) in [4.78, 5) is 30.3. The predicted molar refractivity (Wildman–Crippen MR) is 133 cm³/mol. The minimum absolute atomic E-state index is 0.342. The van der Waals surface area contributed by atoms with Gasteiger partial charge in [-0.3, -0.25) is 14.3 Å². The number of rotatable bonds is 8. The number of hydrogen-bond acceptors (Lipinski definition) is 10. The van der Waals surface area contributed by atoms with E-state index in [0.717, 1.165) is 5.56 Å². The highest BCUT2D eigenvalue weighted by molar-refractivity contribution is 5.85. The van der Waals surface area contributed by atoms with Crippen LogP contribution in [-0.4, -0.2) is 72.6 Å². The van der Waals surface area contributed by atoms with Crippen LogP contribution in [0.4, 0.5) is 5.82 Å². The van der Waals surface area contributed by atoms with E-state index in [0.29, 0.717) is 47.3 Å². The number of imidazole rings is 1. The smallest absolute Gasteiger partial charge is 0.251 e. The lowest BCUT2D eigenvalue weighted by atomic mass is 10.1. The Labute approximate surface area is 212 Å². The fourth-order valence-electron chi connectivity index (χ4n) is 4.17. The third kappa shape index (κ3) is 4.81. The molecule has 0 bridgehead atoms. The van der Waals surface area contributed by atoms with Crippen LogP contribution in [-0.2, 0) is 16.1 Å². The summed E-state index contributed by atoms with van der Waals surface area (Å²) in [5, 5.41) is 26.9. The Kier molecular flexibility index (Phi) is 6.95. The van der Waals surface area contributed by atoms with E-state index in [4.69, 9.17) is 19.4 Å². The number of ether oxygens (including phenoxy) is 2. The molecule has 0 radical (unpaired) electrons. The molecule has 1 saturated heterocycles. The Morgan fingerprint density at radius 1 is 1.16 bits per heavy atom. The molecule has 4 aromatic rings. The molecule has 37 heavy (non-hydrogen) atoms. The summed E-state index contributed by atoms with van der Waals surface area (Å²) < 4.78 is 12.8. The first kappa shape index (κ1) is 24.6. The number of nitrogens with one attached hydrogen (secondary N) is 2. The van der Waals surface area contributed by atoms with Gasteiger partial charge in [0.2, 0.25) is 0 Å². The molecule has 5 rings (SSSR count). The zero-order valence-corrected chi connectivity index (χ0v) is 20.3. The summed E-state index contributed by atoms with van der Waals surface area (Å²) >= 11 is 0. The number of aliphatic hydroxyl groups excluding tert-OH is 2. The largest absolute Gasteiger partial charge is 0.492 e. The van der Waals surface area contributed by atoms with Crippen molar-refractivity contribution in [1.82, 2.24) is 29.8 Å². The number of fused-ring (bicyclic) bond motifs is 1. The number of likely N-dealkylation sites (N-methyl/N-ethyl adjacent to an activating group) is 1. The number of pyridine rings is 1. The van der Waals surface area contributed by atoms with Crippen LogP contribution in [0.25, 0.3) is 22.6 Å². The molecule has 1 aromatic carbocycles. The number of anilines is 1. The van der Waals surface area contributed by atoms with Gasteiger partial charge in [-0.05, 0) is 18.6 Å². The molecule has 3 aromatic heterocycles. The van der Waals surface area contributed by atoms with E-state index >= 15 is 0 Å². The lowest BCUT2D eigenvalue weighted by Crippen LogP contribution is -2.41. The van der Waals surface area contributed by atoms with Crippen molar-refractivity contribution in [1.29, 1.82) is 0 Å². The highest BCUT2D eigenvalue weighted by Crippen LogP contribution is 2.34. The van der Waals surface area contributed by atoms with Gasteiger partial charge in [0.25, 0.3) is 5.91 Å². The van der Waals surface area contributed by atoms with Gasteiger partial charge in [0, 0.05) is 25.4 Å². The number of hydrogen-bond donors (Lipinski definition) is 4. The van der Waals surface area contributed by atoms with Gasteiger partial charge in [-0.2, -0.15) is 0 Å². The molecule has 192 valence electrons. The SMILES string of the molecule is CCOc1cncc(-c2nc(NCc3ccccc3)c3ncn(C4O[C@@H](C(=O)NC)C(O)C4O)c3n2)c1. The average Bonchev–Trinajstić information content (AvgIpc) is 3.48. The van der Waals surface area contributed by atoms with Crippen molar-refractivity contribution in [3.63, 3.8) is 0 Å². The number of benzene rings is 1. The minimum atomic E-state index is -1.42. The van der Waals surface area contributed by atoms with Gasteiger partial charge in [0.15, 0.2) is 35.1 Å². The molecule has 0 saturated carbocycles. The van der Waals surface area contributed by atoms with Crippen LogP contribution in [0.5, 0.6) is 5.75 Å². The Balaban J connectivity index is 1.58. The highest BCUT2D eigenvalue weighted by atomic mass is 16.6. The standard InChI is InChI=1S/C25H27N7O5/c1-3-36-16-9-15(11-27-12-16)21-30-22(28-10-14-7-5-4-6-8-14)17-23(31-21)32(13-29-17)25-19(34)18(33)20(37-25)24(35)26-2/h4-9,11-13,18-20,25,33-34H,3,10H2,1-2H3,(H,26,35)(H,28,30,31)/t18?,19?,20-,25?/m1/s1. The maximum Gasteiger partial charge on any atom is 0.251 e. The van der Waals surface area contributed by atoms with Gasteiger partial charge in [-0.1, -0.05) is 30.3 Å². The summed E-state index contributed by atoms with van der Waals surface area (Å²) in [6, 6.07) is 11.6. The van der Waals surface area contributed by atoms with Crippen molar-refractivity contribution in [3.05, 3.63) is 60.7 Å². The van der Waals surface area contributed by atoms with Crippen LogP contribution in [0.15, 0.2) is 55.1 Å². The van der Waals surface area contributed by atoms with Crippen LogP contribution < -0.4 is 15.4 Å². The second-order valence-corrected chi connectivity index (χ2v) is 8.44. The quantitative estimate of drug-likeness (QED) is 0.275. The van der Waals surface area contributed by atoms with E-state index in [2.05, 4.69) is 20.6 Å². The molecule has 4 heterocycles. The minimum Gasteiger partial charge on any atom is -0.492 e. The van der Waals surface area contributed by atoms with Crippen molar-refractivity contribution in [2.45, 2.75) is 38.0 Å². The Morgan fingerprint density at radius 3 is 2.73 bits per heavy atom. The molecule has 12 heteroatoms. The first-order valence-corrected chi connectivity index (χ1v) is 11.8. The molecule has 4 N–H and O–H groups in total. The molecule has 1 aliphatic rings. The first-order valence-electron chi connectivity index (χ1n) is 11.8. The van der Waals surface area contributed by atoms with Gasteiger partial charge in [-0.15, -0.1) is 0 Å². The topological polar surface area (TPSA) is 157 Å². The lowest BCUT2D eigenvalue weighted by Gasteiger charge is -2.17. The van der Waals surface area contributed by atoms with E-state index in [1.165, 1.54) is 17.9 Å². The second-order valence-electron chi connectivity index (χ2n) is 8.44. The van der Waals surface area contributed by atoms with Crippen LogP contribution >= 0.6 is 0 Å². The second kappa shape index (κ2) is 10.5. The van der Waals surface area contributed by atoms with E-state index in [9.17, 15) is 15.0 Å². The number of carbonyl (C=O) groups is 1. The fraction of sp³-hybridized carbons (Fsp3) is 0.320.